The van der Waals surface area contributed by atoms with Crippen molar-refractivity contribution in [3.05, 3.63) is 33.8 Å². The van der Waals surface area contributed by atoms with Crippen LogP contribution in [0.25, 0.3) is 0 Å². The number of alkyl halides is 1. The SMILES string of the molecule is O=C(Cc1ccc(Cl)c(Cl)c1)N(CCCl)C1CCC1. The van der Waals surface area contributed by atoms with E-state index in [1.165, 1.54) is 6.42 Å². The summed E-state index contributed by atoms with van der Waals surface area (Å²) in [7, 11) is 0. The van der Waals surface area contributed by atoms with Crippen molar-refractivity contribution in [2.75, 3.05) is 12.4 Å². The molecule has 0 saturated heterocycles. The van der Waals surface area contributed by atoms with Gasteiger partial charge >= 0.3 is 0 Å². The maximum atomic E-state index is 12.3. The zero-order valence-corrected chi connectivity index (χ0v) is 12.8. The summed E-state index contributed by atoms with van der Waals surface area (Å²) in [5.41, 5.74) is 0.887. The van der Waals surface area contributed by atoms with E-state index in [2.05, 4.69) is 0 Å². The highest BCUT2D eigenvalue weighted by atomic mass is 35.5. The van der Waals surface area contributed by atoms with E-state index in [0.717, 1.165) is 18.4 Å². The summed E-state index contributed by atoms with van der Waals surface area (Å²) in [6.07, 6.45) is 3.72. The number of hydrogen-bond acceptors (Lipinski definition) is 1. The maximum Gasteiger partial charge on any atom is 0.227 e. The number of amides is 1. The van der Waals surface area contributed by atoms with E-state index in [0.29, 0.717) is 34.9 Å². The molecule has 0 unspecified atom stereocenters. The van der Waals surface area contributed by atoms with Crippen LogP contribution < -0.4 is 0 Å². The van der Waals surface area contributed by atoms with Crippen LogP contribution in [0.2, 0.25) is 10.0 Å². The van der Waals surface area contributed by atoms with E-state index in [-0.39, 0.29) is 5.91 Å². The Hall–Kier alpha value is -0.440. The first-order valence-corrected chi connectivity index (χ1v) is 7.70. The summed E-state index contributed by atoms with van der Waals surface area (Å²) in [5, 5.41) is 0.994. The fourth-order valence-electron chi connectivity index (χ4n) is 2.23. The van der Waals surface area contributed by atoms with Crippen LogP contribution in [-0.4, -0.2) is 29.3 Å². The Kier molecular flexibility index (Phi) is 5.37. The normalized spacial score (nSPS) is 15.1. The highest BCUT2D eigenvalue weighted by molar-refractivity contribution is 6.42. The quantitative estimate of drug-likeness (QED) is 0.746. The van der Waals surface area contributed by atoms with Crippen molar-refractivity contribution in [2.45, 2.75) is 31.7 Å². The first-order chi connectivity index (χ1) is 9.11. The lowest BCUT2D eigenvalue weighted by Crippen LogP contribution is -2.45. The van der Waals surface area contributed by atoms with Gasteiger partial charge in [-0.3, -0.25) is 4.79 Å². The van der Waals surface area contributed by atoms with Crippen molar-refractivity contribution in [1.29, 1.82) is 0 Å². The van der Waals surface area contributed by atoms with Crippen LogP contribution in [0.3, 0.4) is 0 Å². The molecule has 0 atom stereocenters. The molecule has 0 aromatic heterocycles. The smallest absolute Gasteiger partial charge is 0.227 e. The second kappa shape index (κ2) is 6.83. The number of carbonyl (C=O) groups excluding carboxylic acids is 1. The van der Waals surface area contributed by atoms with Gasteiger partial charge in [0.05, 0.1) is 16.5 Å². The monoisotopic (exact) mass is 319 g/mol. The van der Waals surface area contributed by atoms with Crippen LogP contribution in [-0.2, 0) is 11.2 Å². The number of carbonyl (C=O) groups is 1. The molecule has 2 rings (SSSR count). The molecule has 0 spiro atoms. The summed E-state index contributed by atoms with van der Waals surface area (Å²) >= 11 is 17.6. The molecule has 1 aliphatic rings. The summed E-state index contributed by atoms with van der Waals surface area (Å²) < 4.78 is 0. The highest BCUT2D eigenvalue weighted by Gasteiger charge is 2.28. The van der Waals surface area contributed by atoms with E-state index >= 15 is 0 Å². The third kappa shape index (κ3) is 3.77. The molecule has 0 N–H and O–H groups in total. The first-order valence-electron chi connectivity index (χ1n) is 6.41. The molecule has 1 aromatic carbocycles. The fourth-order valence-corrected chi connectivity index (χ4v) is 2.73. The Labute approximate surface area is 128 Å². The molecule has 1 aromatic rings. The van der Waals surface area contributed by atoms with Crippen LogP contribution in [0.5, 0.6) is 0 Å². The van der Waals surface area contributed by atoms with E-state index in [1.807, 2.05) is 11.0 Å². The van der Waals surface area contributed by atoms with Crippen molar-refractivity contribution in [3.63, 3.8) is 0 Å². The molecule has 0 radical (unpaired) electrons. The molecule has 1 fully saturated rings. The molecule has 5 heteroatoms. The Morgan fingerprint density at radius 2 is 2.00 bits per heavy atom. The minimum absolute atomic E-state index is 0.115. The van der Waals surface area contributed by atoms with Gasteiger partial charge in [-0.25, -0.2) is 0 Å². The van der Waals surface area contributed by atoms with Gasteiger partial charge in [0.2, 0.25) is 5.91 Å². The predicted molar refractivity (Wildman–Crippen MR) is 80.2 cm³/mol. The Morgan fingerprint density at radius 3 is 2.53 bits per heavy atom. The molecule has 2 nitrogen and oxygen atoms in total. The largest absolute Gasteiger partial charge is 0.338 e. The lowest BCUT2D eigenvalue weighted by atomic mass is 9.91. The summed E-state index contributed by atoms with van der Waals surface area (Å²) in [4.78, 5) is 14.2. The topological polar surface area (TPSA) is 20.3 Å². The van der Waals surface area contributed by atoms with Crippen LogP contribution in [0.15, 0.2) is 18.2 Å². The zero-order chi connectivity index (χ0) is 13.8. The van der Waals surface area contributed by atoms with Gasteiger partial charge in [0.25, 0.3) is 0 Å². The number of benzene rings is 1. The average molecular weight is 321 g/mol. The molecule has 1 aliphatic carbocycles. The van der Waals surface area contributed by atoms with Gasteiger partial charge in [-0.15, -0.1) is 11.6 Å². The van der Waals surface area contributed by atoms with Crippen molar-refractivity contribution < 1.29 is 4.79 Å². The second-order valence-electron chi connectivity index (χ2n) is 4.79. The minimum Gasteiger partial charge on any atom is -0.338 e. The predicted octanol–water partition coefficient (Wildman–Crippen LogP) is 4.16. The number of hydrogen-bond donors (Lipinski definition) is 0. The van der Waals surface area contributed by atoms with Gasteiger partial charge in [0.1, 0.15) is 0 Å². The van der Waals surface area contributed by atoms with E-state index in [1.54, 1.807) is 12.1 Å². The van der Waals surface area contributed by atoms with Crippen molar-refractivity contribution in [1.82, 2.24) is 4.90 Å². The van der Waals surface area contributed by atoms with E-state index in [9.17, 15) is 4.79 Å². The summed E-state index contributed by atoms with van der Waals surface area (Å²) in [5.74, 6) is 0.590. The third-order valence-corrected chi connectivity index (χ3v) is 4.41. The second-order valence-corrected chi connectivity index (χ2v) is 5.98. The van der Waals surface area contributed by atoms with Crippen LogP contribution in [0.1, 0.15) is 24.8 Å². The molecule has 1 amide bonds. The van der Waals surface area contributed by atoms with Crippen molar-refractivity contribution >= 4 is 40.7 Å². The Morgan fingerprint density at radius 1 is 1.26 bits per heavy atom. The van der Waals surface area contributed by atoms with Gasteiger partial charge in [-0.2, -0.15) is 0 Å². The number of rotatable bonds is 5. The van der Waals surface area contributed by atoms with Crippen molar-refractivity contribution in [3.8, 4) is 0 Å². The fraction of sp³-hybridized carbons (Fsp3) is 0.500. The highest BCUT2D eigenvalue weighted by Crippen LogP contribution is 2.26. The van der Waals surface area contributed by atoms with E-state index in [4.69, 9.17) is 34.8 Å². The lowest BCUT2D eigenvalue weighted by molar-refractivity contribution is -0.134. The van der Waals surface area contributed by atoms with Crippen LogP contribution in [0.4, 0.5) is 0 Å². The molecule has 0 aliphatic heterocycles. The maximum absolute atomic E-state index is 12.3. The molecule has 104 valence electrons. The van der Waals surface area contributed by atoms with E-state index < -0.39 is 0 Å². The van der Waals surface area contributed by atoms with Crippen LogP contribution >= 0.6 is 34.8 Å². The van der Waals surface area contributed by atoms with Gasteiger partial charge in [-0.05, 0) is 37.0 Å². The standard InChI is InChI=1S/C14H16Cl3NO/c15-6-7-18(11-2-1-3-11)14(19)9-10-4-5-12(16)13(17)8-10/h4-5,8,11H,1-3,6-7,9H2. The number of nitrogens with zero attached hydrogens (tertiary/aromatic N) is 1. The lowest BCUT2D eigenvalue weighted by Gasteiger charge is -2.37. The van der Waals surface area contributed by atoms with Gasteiger partial charge < -0.3 is 4.90 Å². The summed E-state index contributed by atoms with van der Waals surface area (Å²) in [6.45, 7) is 0.617. The first kappa shape index (κ1) is 15.0. The summed E-state index contributed by atoms with van der Waals surface area (Å²) in [6, 6.07) is 5.68. The zero-order valence-electron chi connectivity index (χ0n) is 10.5. The molecule has 19 heavy (non-hydrogen) atoms. The Balaban J connectivity index is 2.03. The van der Waals surface area contributed by atoms with Gasteiger partial charge in [0, 0.05) is 18.5 Å². The van der Waals surface area contributed by atoms with Crippen LogP contribution in [0, 0.1) is 0 Å². The molecule has 0 heterocycles. The minimum atomic E-state index is 0.115. The Bertz CT molecular complexity index is 460. The molecular formula is C14H16Cl3NO. The molecule has 0 bridgehead atoms. The molecular weight excluding hydrogens is 305 g/mol. The average Bonchev–Trinajstić information content (AvgIpc) is 2.31. The molecule has 1 saturated carbocycles. The number of halogens is 3. The van der Waals surface area contributed by atoms with Gasteiger partial charge in [0.15, 0.2) is 0 Å². The van der Waals surface area contributed by atoms with Gasteiger partial charge in [-0.1, -0.05) is 29.3 Å². The van der Waals surface area contributed by atoms with Crippen molar-refractivity contribution in [2.24, 2.45) is 0 Å². The third-order valence-electron chi connectivity index (χ3n) is 3.50.